The van der Waals surface area contributed by atoms with Gasteiger partial charge in [-0.25, -0.2) is 12.7 Å². The van der Waals surface area contributed by atoms with Gasteiger partial charge in [0.05, 0.1) is 5.75 Å². The SMILES string of the molecule is CN1CCCN(S(=O)(=O)CCSc2ccccc2N)CC1. The lowest BCUT2D eigenvalue weighted by atomic mass is 10.3. The molecule has 0 saturated carbocycles. The van der Waals surface area contributed by atoms with Gasteiger partial charge in [-0.15, -0.1) is 11.8 Å². The summed E-state index contributed by atoms with van der Waals surface area (Å²) in [5.41, 5.74) is 6.57. The van der Waals surface area contributed by atoms with Crippen LogP contribution < -0.4 is 5.73 Å². The molecule has 118 valence electrons. The summed E-state index contributed by atoms with van der Waals surface area (Å²) >= 11 is 1.50. The van der Waals surface area contributed by atoms with Crippen molar-refractivity contribution in [2.24, 2.45) is 0 Å². The summed E-state index contributed by atoms with van der Waals surface area (Å²) in [5, 5.41) is 0. The molecule has 1 fully saturated rings. The van der Waals surface area contributed by atoms with E-state index in [0.29, 0.717) is 24.5 Å². The van der Waals surface area contributed by atoms with Crippen molar-refractivity contribution in [3.63, 3.8) is 0 Å². The molecule has 0 radical (unpaired) electrons. The zero-order valence-corrected chi connectivity index (χ0v) is 14.0. The fourth-order valence-electron chi connectivity index (χ4n) is 2.30. The van der Waals surface area contributed by atoms with Crippen molar-refractivity contribution in [3.05, 3.63) is 24.3 Å². The number of sulfonamides is 1. The molecule has 0 aliphatic carbocycles. The fourth-order valence-corrected chi connectivity index (χ4v) is 5.13. The number of nitrogen functional groups attached to an aromatic ring is 1. The van der Waals surface area contributed by atoms with E-state index in [1.54, 1.807) is 4.31 Å². The normalized spacial score (nSPS) is 18.5. The third-order valence-corrected chi connectivity index (χ3v) is 6.81. The quantitative estimate of drug-likeness (QED) is 0.652. The Morgan fingerprint density at radius 3 is 2.71 bits per heavy atom. The van der Waals surface area contributed by atoms with Gasteiger partial charge in [0.1, 0.15) is 0 Å². The molecule has 21 heavy (non-hydrogen) atoms. The minimum Gasteiger partial charge on any atom is -0.398 e. The highest BCUT2D eigenvalue weighted by atomic mass is 32.2. The average molecular weight is 329 g/mol. The summed E-state index contributed by atoms with van der Waals surface area (Å²) in [5.74, 6) is 0.693. The van der Waals surface area contributed by atoms with E-state index in [1.807, 2.05) is 31.3 Å². The fraction of sp³-hybridized carbons (Fsp3) is 0.571. The van der Waals surface area contributed by atoms with E-state index in [-0.39, 0.29) is 5.75 Å². The second-order valence-electron chi connectivity index (χ2n) is 5.26. The van der Waals surface area contributed by atoms with E-state index in [4.69, 9.17) is 5.73 Å². The van der Waals surface area contributed by atoms with Gasteiger partial charge >= 0.3 is 0 Å². The number of hydrogen-bond acceptors (Lipinski definition) is 5. The van der Waals surface area contributed by atoms with Gasteiger partial charge in [-0.05, 0) is 32.1 Å². The van der Waals surface area contributed by atoms with E-state index in [2.05, 4.69) is 4.90 Å². The van der Waals surface area contributed by atoms with Crippen molar-refractivity contribution >= 4 is 27.5 Å². The second kappa shape index (κ2) is 7.49. The van der Waals surface area contributed by atoms with E-state index < -0.39 is 10.0 Å². The lowest BCUT2D eigenvalue weighted by Crippen LogP contribution is -2.36. The first kappa shape index (κ1) is 16.6. The molecule has 0 unspecified atom stereocenters. The molecule has 0 bridgehead atoms. The van der Waals surface area contributed by atoms with E-state index in [1.165, 1.54) is 11.8 Å². The van der Waals surface area contributed by atoms with Gasteiger partial charge in [0.2, 0.25) is 10.0 Å². The second-order valence-corrected chi connectivity index (χ2v) is 8.48. The summed E-state index contributed by atoms with van der Waals surface area (Å²) in [6, 6.07) is 7.55. The molecule has 1 saturated heterocycles. The minimum atomic E-state index is -3.17. The molecule has 1 aliphatic rings. The molecule has 1 aromatic carbocycles. The third kappa shape index (κ3) is 4.88. The summed E-state index contributed by atoms with van der Waals surface area (Å²) in [7, 11) is -1.14. The highest BCUT2D eigenvalue weighted by Gasteiger charge is 2.23. The van der Waals surface area contributed by atoms with Crippen LogP contribution in [0.1, 0.15) is 6.42 Å². The summed E-state index contributed by atoms with van der Waals surface area (Å²) < 4.78 is 26.4. The molecule has 2 rings (SSSR count). The Bertz CT molecular complexity index is 563. The Hall–Kier alpha value is -0.760. The molecule has 0 spiro atoms. The van der Waals surface area contributed by atoms with Crippen LogP contribution in [0.3, 0.4) is 0 Å². The molecular weight excluding hydrogens is 306 g/mol. The zero-order chi connectivity index (χ0) is 15.3. The molecule has 5 nitrogen and oxygen atoms in total. The number of likely N-dealkylation sites (N-methyl/N-ethyl adjacent to an activating group) is 1. The predicted octanol–water partition coefficient (Wildman–Crippen LogP) is 1.33. The summed E-state index contributed by atoms with van der Waals surface area (Å²) in [6.45, 7) is 2.99. The standard InChI is InChI=1S/C14H23N3O2S2/c1-16-7-4-8-17(10-9-16)21(18,19)12-11-20-14-6-3-2-5-13(14)15/h2-3,5-6H,4,7-12,15H2,1H3. The van der Waals surface area contributed by atoms with Crippen LogP contribution in [0.15, 0.2) is 29.2 Å². The van der Waals surface area contributed by atoms with Crippen LogP contribution in [-0.2, 0) is 10.0 Å². The molecule has 0 aromatic heterocycles. The van der Waals surface area contributed by atoms with E-state index >= 15 is 0 Å². The monoisotopic (exact) mass is 329 g/mol. The molecule has 0 atom stereocenters. The molecule has 2 N–H and O–H groups in total. The first-order valence-corrected chi connectivity index (χ1v) is 9.72. The first-order chi connectivity index (χ1) is 9.99. The van der Waals surface area contributed by atoms with E-state index in [9.17, 15) is 8.42 Å². The Balaban J connectivity index is 1.88. The molecule has 1 aliphatic heterocycles. The highest BCUT2D eigenvalue weighted by molar-refractivity contribution is 8.00. The third-order valence-electron chi connectivity index (χ3n) is 3.59. The average Bonchev–Trinajstić information content (AvgIpc) is 2.66. The highest BCUT2D eigenvalue weighted by Crippen LogP contribution is 2.24. The lowest BCUT2D eigenvalue weighted by Gasteiger charge is -2.20. The number of thioether (sulfide) groups is 1. The lowest BCUT2D eigenvalue weighted by molar-refractivity contribution is 0.347. The number of para-hydroxylation sites is 1. The Morgan fingerprint density at radius 2 is 1.95 bits per heavy atom. The van der Waals surface area contributed by atoms with Gasteiger partial charge in [-0.1, -0.05) is 12.1 Å². The van der Waals surface area contributed by atoms with Gasteiger partial charge in [-0.2, -0.15) is 0 Å². The van der Waals surface area contributed by atoms with Crippen molar-refractivity contribution in [1.29, 1.82) is 0 Å². The first-order valence-electron chi connectivity index (χ1n) is 7.13. The van der Waals surface area contributed by atoms with Crippen molar-refractivity contribution in [2.45, 2.75) is 11.3 Å². The van der Waals surface area contributed by atoms with Crippen molar-refractivity contribution in [1.82, 2.24) is 9.21 Å². The van der Waals surface area contributed by atoms with Crippen molar-refractivity contribution < 1.29 is 8.42 Å². The zero-order valence-electron chi connectivity index (χ0n) is 12.4. The summed E-state index contributed by atoms with van der Waals surface area (Å²) in [6.07, 6.45) is 0.897. The van der Waals surface area contributed by atoms with Crippen LogP contribution in [0, 0.1) is 0 Å². The van der Waals surface area contributed by atoms with Crippen molar-refractivity contribution in [2.75, 3.05) is 50.5 Å². The molecular formula is C14H23N3O2S2. The number of nitrogens with zero attached hydrogens (tertiary/aromatic N) is 2. The van der Waals surface area contributed by atoms with Crippen LogP contribution in [-0.4, -0.2) is 62.4 Å². The van der Waals surface area contributed by atoms with Gasteiger partial charge < -0.3 is 10.6 Å². The Labute approximate surface area is 131 Å². The number of rotatable bonds is 5. The van der Waals surface area contributed by atoms with E-state index in [0.717, 1.165) is 24.4 Å². The Morgan fingerprint density at radius 1 is 1.19 bits per heavy atom. The van der Waals surface area contributed by atoms with Gasteiger partial charge in [0, 0.05) is 36.0 Å². The van der Waals surface area contributed by atoms with Crippen LogP contribution in [0.2, 0.25) is 0 Å². The van der Waals surface area contributed by atoms with Crippen LogP contribution >= 0.6 is 11.8 Å². The molecule has 0 amide bonds. The smallest absolute Gasteiger partial charge is 0.214 e. The molecule has 1 heterocycles. The maximum absolute atomic E-state index is 12.4. The number of hydrogen-bond donors (Lipinski definition) is 1. The molecule has 7 heteroatoms. The minimum absolute atomic E-state index is 0.162. The topological polar surface area (TPSA) is 66.6 Å². The van der Waals surface area contributed by atoms with Crippen molar-refractivity contribution in [3.8, 4) is 0 Å². The Kier molecular flexibility index (Phi) is 5.92. The number of anilines is 1. The van der Waals surface area contributed by atoms with Crippen LogP contribution in [0.5, 0.6) is 0 Å². The van der Waals surface area contributed by atoms with Gasteiger partial charge in [0.25, 0.3) is 0 Å². The van der Waals surface area contributed by atoms with Gasteiger partial charge in [-0.3, -0.25) is 0 Å². The largest absolute Gasteiger partial charge is 0.398 e. The van der Waals surface area contributed by atoms with Crippen LogP contribution in [0.25, 0.3) is 0 Å². The van der Waals surface area contributed by atoms with Gasteiger partial charge in [0.15, 0.2) is 0 Å². The maximum Gasteiger partial charge on any atom is 0.214 e. The summed E-state index contributed by atoms with van der Waals surface area (Å²) in [4.78, 5) is 3.12. The van der Waals surface area contributed by atoms with Crippen LogP contribution in [0.4, 0.5) is 5.69 Å². The number of benzene rings is 1. The molecule has 1 aromatic rings. The maximum atomic E-state index is 12.4. The number of nitrogens with two attached hydrogens (primary N) is 1. The predicted molar refractivity (Wildman–Crippen MR) is 89.1 cm³/mol.